The number of rotatable bonds is 9. The van der Waals surface area contributed by atoms with Crippen LogP contribution in [0.25, 0.3) is 0 Å². The minimum atomic E-state index is 0.334. The highest BCUT2D eigenvalue weighted by atomic mass is 32.2. The van der Waals surface area contributed by atoms with Crippen molar-refractivity contribution in [3.05, 3.63) is 18.3 Å². The van der Waals surface area contributed by atoms with Gasteiger partial charge in [-0.2, -0.15) is 11.8 Å². The molecule has 0 aliphatic carbocycles. The number of aromatic nitrogens is 1. The summed E-state index contributed by atoms with van der Waals surface area (Å²) >= 11 is 1.96. The van der Waals surface area contributed by atoms with Gasteiger partial charge in [-0.05, 0) is 31.6 Å². The van der Waals surface area contributed by atoms with Crippen LogP contribution in [-0.2, 0) is 0 Å². The van der Waals surface area contributed by atoms with Gasteiger partial charge < -0.3 is 10.6 Å². The lowest BCUT2D eigenvalue weighted by Crippen LogP contribution is -2.32. The van der Waals surface area contributed by atoms with Crippen molar-refractivity contribution < 1.29 is 0 Å². The molecule has 0 aliphatic heterocycles. The maximum atomic E-state index is 4.33. The van der Waals surface area contributed by atoms with E-state index in [2.05, 4.69) is 48.7 Å². The van der Waals surface area contributed by atoms with Gasteiger partial charge in [-0.15, -0.1) is 0 Å². The first-order valence-electron chi connectivity index (χ1n) is 7.18. The van der Waals surface area contributed by atoms with Crippen molar-refractivity contribution in [2.45, 2.75) is 44.8 Å². The third-order valence-electron chi connectivity index (χ3n) is 3.65. The van der Waals surface area contributed by atoms with Gasteiger partial charge in [0.1, 0.15) is 5.82 Å². The summed E-state index contributed by atoms with van der Waals surface area (Å²) in [6, 6.07) is 4.12. The van der Waals surface area contributed by atoms with Crippen LogP contribution >= 0.6 is 11.8 Å². The predicted octanol–water partition coefficient (Wildman–Crippen LogP) is 4.24. The zero-order chi connectivity index (χ0) is 14.1. The van der Waals surface area contributed by atoms with Crippen LogP contribution in [0.2, 0.25) is 0 Å². The van der Waals surface area contributed by atoms with Gasteiger partial charge in [-0.25, -0.2) is 4.98 Å². The molecule has 2 N–H and O–H groups in total. The van der Waals surface area contributed by atoms with E-state index in [1.165, 1.54) is 12.8 Å². The van der Waals surface area contributed by atoms with Crippen molar-refractivity contribution in [2.24, 2.45) is 0 Å². The summed E-state index contributed by atoms with van der Waals surface area (Å²) in [6.45, 7) is 8.66. The molecule has 4 heteroatoms. The maximum Gasteiger partial charge on any atom is 0.127 e. The quantitative estimate of drug-likeness (QED) is 0.710. The van der Waals surface area contributed by atoms with Gasteiger partial charge in [0.25, 0.3) is 0 Å². The molecule has 1 aromatic heterocycles. The maximum absolute atomic E-state index is 4.33. The van der Waals surface area contributed by atoms with E-state index in [4.69, 9.17) is 0 Å². The van der Waals surface area contributed by atoms with Gasteiger partial charge in [0.15, 0.2) is 0 Å². The summed E-state index contributed by atoms with van der Waals surface area (Å²) in [6.07, 6.45) is 7.54. The molecule has 0 fully saturated rings. The lowest BCUT2D eigenvalue weighted by atomic mass is 10.0. The molecule has 0 atom stereocenters. The fourth-order valence-electron chi connectivity index (χ4n) is 2.01. The molecule has 0 spiro atoms. The van der Waals surface area contributed by atoms with Crippen molar-refractivity contribution in [1.82, 2.24) is 4.98 Å². The summed E-state index contributed by atoms with van der Waals surface area (Å²) in [7, 11) is 0. The van der Waals surface area contributed by atoms with E-state index in [0.29, 0.717) is 4.75 Å². The molecule has 1 heterocycles. The first-order chi connectivity index (χ1) is 9.19. The van der Waals surface area contributed by atoms with Crippen molar-refractivity contribution in [3.8, 4) is 0 Å². The Bertz CT molecular complexity index is 356. The Kier molecular flexibility index (Phi) is 7.06. The number of pyridine rings is 1. The zero-order valence-electron chi connectivity index (χ0n) is 12.6. The number of nitrogens with zero attached hydrogens (tertiary/aromatic N) is 1. The average Bonchev–Trinajstić information content (AvgIpc) is 2.47. The largest absolute Gasteiger partial charge is 0.383 e. The van der Waals surface area contributed by atoms with Gasteiger partial charge in [0, 0.05) is 35.8 Å². The standard InChI is InChI=1S/C15H27N3S/c1-5-9-16-14-11-13(8-10-17-14)18-12-15(6-2,7-3)19-4/h8,10-11H,5-7,9,12H2,1-4H3,(H2,16,17,18). The topological polar surface area (TPSA) is 37.0 Å². The average molecular weight is 281 g/mol. The van der Waals surface area contributed by atoms with E-state index in [9.17, 15) is 0 Å². The van der Waals surface area contributed by atoms with Gasteiger partial charge in [0.2, 0.25) is 0 Å². The second-order valence-electron chi connectivity index (χ2n) is 4.80. The third kappa shape index (κ3) is 4.94. The van der Waals surface area contributed by atoms with Crippen LogP contribution in [0.15, 0.2) is 18.3 Å². The van der Waals surface area contributed by atoms with E-state index in [1.54, 1.807) is 0 Å². The Morgan fingerprint density at radius 2 is 1.95 bits per heavy atom. The first kappa shape index (κ1) is 16.2. The molecule has 108 valence electrons. The fourth-order valence-corrected chi connectivity index (χ4v) is 2.81. The van der Waals surface area contributed by atoms with E-state index < -0.39 is 0 Å². The van der Waals surface area contributed by atoms with Crippen molar-refractivity contribution in [2.75, 3.05) is 30.0 Å². The van der Waals surface area contributed by atoms with Gasteiger partial charge in [0.05, 0.1) is 0 Å². The summed E-state index contributed by atoms with van der Waals surface area (Å²) in [5.41, 5.74) is 1.15. The minimum Gasteiger partial charge on any atom is -0.383 e. The predicted molar refractivity (Wildman–Crippen MR) is 88.3 cm³/mol. The molecule has 19 heavy (non-hydrogen) atoms. The molecule has 0 saturated carbocycles. The number of anilines is 2. The summed E-state index contributed by atoms with van der Waals surface area (Å²) in [5.74, 6) is 0.953. The van der Waals surface area contributed by atoms with Crippen molar-refractivity contribution in [3.63, 3.8) is 0 Å². The third-order valence-corrected chi connectivity index (χ3v) is 5.24. The van der Waals surface area contributed by atoms with E-state index in [1.807, 2.05) is 24.0 Å². The molecule has 0 bridgehead atoms. The highest BCUT2D eigenvalue weighted by molar-refractivity contribution is 8.00. The normalized spacial score (nSPS) is 11.4. The van der Waals surface area contributed by atoms with Gasteiger partial charge in [-0.1, -0.05) is 20.8 Å². The summed E-state index contributed by atoms with van der Waals surface area (Å²) < 4.78 is 0.334. The SMILES string of the molecule is CCCNc1cc(NCC(CC)(CC)SC)ccn1. The van der Waals surface area contributed by atoms with Crippen LogP contribution in [0.4, 0.5) is 11.5 Å². The first-order valence-corrected chi connectivity index (χ1v) is 8.41. The van der Waals surface area contributed by atoms with E-state index >= 15 is 0 Å². The van der Waals surface area contributed by atoms with E-state index in [0.717, 1.165) is 31.0 Å². The molecule has 0 saturated heterocycles. The summed E-state index contributed by atoms with van der Waals surface area (Å²) in [4.78, 5) is 4.33. The van der Waals surface area contributed by atoms with Crippen molar-refractivity contribution >= 4 is 23.3 Å². The molecule has 0 radical (unpaired) electrons. The molecular weight excluding hydrogens is 254 g/mol. The molecular formula is C15H27N3S. The van der Waals surface area contributed by atoms with Crippen LogP contribution < -0.4 is 10.6 Å². The Labute approximate surface area is 122 Å². The molecule has 0 aliphatic rings. The summed E-state index contributed by atoms with van der Waals surface area (Å²) in [5, 5.41) is 6.87. The Hall–Kier alpha value is -0.900. The number of hydrogen-bond donors (Lipinski definition) is 2. The van der Waals surface area contributed by atoms with Crippen LogP contribution in [0.5, 0.6) is 0 Å². The molecule has 1 aromatic rings. The second-order valence-corrected chi connectivity index (χ2v) is 6.08. The van der Waals surface area contributed by atoms with Gasteiger partial charge >= 0.3 is 0 Å². The Morgan fingerprint density at radius 1 is 1.21 bits per heavy atom. The Balaban J connectivity index is 2.61. The zero-order valence-corrected chi connectivity index (χ0v) is 13.4. The molecule has 3 nitrogen and oxygen atoms in total. The van der Waals surface area contributed by atoms with Crippen LogP contribution in [0, 0.1) is 0 Å². The number of hydrogen-bond acceptors (Lipinski definition) is 4. The second kappa shape index (κ2) is 8.31. The molecule has 0 aromatic carbocycles. The highest BCUT2D eigenvalue weighted by Crippen LogP contribution is 2.30. The Morgan fingerprint density at radius 3 is 2.53 bits per heavy atom. The van der Waals surface area contributed by atoms with Crippen molar-refractivity contribution in [1.29, 1.82) is 0 Å². The van der Waals surface area contributed by atoms with Crippen LogP contribution in [0.3, 0.4) is 0 Å². The molecule has 0 amide bonds. The van der Waals surface area contributed by atoms with E-state index in [-0.39, 0.29) is 0 Å². The smallest absolute Gasteiger partial charge is 0.127 e. The molecule has 0 unspecified atom stereocenters. The van der Waals surface area contributed by atoms with Crippen LogP contribution in [-0.4, -0.2) is 29.1 Å². The molecule has 1 rings (SSSR count). The monoisotopic (exact) mass is 281 g/mol. The highest BCUT2D eigenvalue weighted by Gasteiger charge is 2.24. The lowest BCUT2D eigenvalue weighted by Gasteiger charge is -2.30. The fraction of sp³-hybridized carbons (Fsp3) is 0.667. The number of thioether (sulfide) groups is 1. The number of nitrogens with one attached hydrogen (secondary N) is 2. The van der Waals surface area contributed by atoms with Gasteiger partial charge in [-0.3, -0.25) is 0 Å². The minimum absolute atomic E-state index is 0.334. The lowest BCUT2D eigenvalue weighted by molar-refractivity contribution is 0.575. The van der Waals surface area contributed by atoms with Crippen LogP contribution in [0.1, 0.15) is 40.0 Å².